The molecule has 1 aromatic rings. The van der Waals surface area contributed by atoms with Crippen LogP contribution in [0.2, 0.25) is 0 Å². The van der Waals surface area contributed by atoms with E-state index < -0.39 is 53.1 Å². The third kappa shape index (κ3) is 9.58. The molecule has 10 nitrogen and oxygen atoms in total. The molecule has 1 N–H and O–H groups in total. The van der Waals surface area contributed by atoms with Crippen LogP contribution in [0.15, 0.2) is 46.9 Å². The summed E-state index contributed by atoms with van der Waals surface area (Å²) in [6, 6.07) is 6.20. The minimum absolute atomic E-state index is 0.00925. The molecule has 256 valence electrons. The number of aliphatic hydroxyl groups excluding tert-OH is 1. The first-order chi connectivity index (χ1) is 21.6. The van der Waals surface area contributed by atoms with Gasteiger partial charge in [0, 0.05) is 58.0 Å². The maximum atomic E-state index is 13.7. The highest BCUT2D eigenvalue weighted by Crippen LogP contribution is 2.31. The van der Waals surface area contributed by atoms with Gasteiger partial charge >= 0.3 is 12.1 Å². The van der Waals surface area contributed by atoms with Gasteiger partial charge < -0.3 is 24.4 Å². The molecule has 3 aliphatic heterocycles. The molecule has 5 atom stereocenters. The first-order valence-electron chi connectivity index (χ1n) is 16.0. The van der Waals surface area contributed by atoms with Crippen molar-refractivity contribution in [2.75, 3.05) is 46.3 Å². The first kappa shape index (κ1) is 36.0. The normalized spacial score (nSPS) is 30.1. The Balaban J connectivity index is 1.55. The Bertz CT molecular complexity index is 1390. The number of cyclic esters (lactones) is 1. The minimum atomic E-state index is -3.98. The second-order valence-electron chi connectivity index (χ2n) is 12.9. The number of likely N-dealkylation sites (N-methyl/N-ethyl adjacent to an activating group) is 1. The lowest BCUT2D eigenvalue weighted by Gasteiger charge is -2.33. The van der Waals surface area contributed by atoms with Crippen molar-refractivity contribution in [3.05, 3.63) is 47.6 Å². The number of halogens is 2. The molecule has 1 amide bonds. The summed E-state index contributed by atoms with van der Waals surface area (Å²) in [5.74, 6) is -3.91. The van der Waals surface area contributed by atoms with Crippen LogP contribution in [-0.4, -0.2) is 110 Å². The number of alkyl halides is 2. The molecule has 46 heavy (non-hydrogen) atoms. The number of carbonyl (C=O) groups excluding carboxylic acids is 2. The summed E-state index contributed by atoms with van der Waals surface area (Å²) in [7, 11) is -1.97. The van der Waals surface area contributed by atoms with Crippen molar-refractivity contribution in [3.63, 3.8) is 0 Å². The average Bonchev–Trinajstić information content (AvgIpc) is 3.00. The number of ether oxygens (including phenoxy) is 2. The second kappa shape index (κ2) is 15.4. The van der Waals surface area contributed by atoms with Crippen molar-refractivity contribution < 1.29 is 41.4 Å². The Labute approximate surface area is 271 Å². The smallest absolute Gasteiger partial charge is 0.410 e. The standard InChI is InChI=1S/C33H47F2N3O7S/c1-23-8-10-27(39)22-30(40)45-31(24(2)9-11-29(23)44-32(41)37-18-16-36(4)17-19-37)25(3)20-26-6-5-7-28(21-26)46(42,43)38-14-12-33(34,35)13-15-38/h5-7,9,11,20-21,23-24,27,29,31,39H,8,10,12-19,22H2,1-4H3/b11-9+,25-20+/t23-,24-,27+,29-,31-/m0/s1. The Kier molecular flexibility index (Phi) is 12.0. The molecule has 0 bridgehead atoms. The van der Waals surface area contributed by atoms with Crippen LogP contribution in [0.3, 0.4) is 0 Å². The Morgan fingerprint density at radius 1 is 1.07 bits per heavy atom. The van der Waals surface area contributed by atoms with Crippen LogP contribution >= 0.6 is 0 Å². The number of benzene rings is 1. The van der Waals surface area contributed by atoms with Gasteiger partial charge in [0.15, 0.2) is 0 Å². The number of hydrogen-bond donors (Lipinski definition) is 1. The van der Waals surface area contributed by atoms with Crippen LogP contribution in [0.4, 0.5) is 13.6 Å². The van der Waals surface area contributed by atoms with Crippen LogP contribution in [0.25, 0.3) is 6.08 Å². The Morgan fingerprint density at radius 2 is 1.74 bits per heavy atom. The largest absolute Gasteiger partial charge is 0.457 e. The van der Waals surface area contributed by atoms with Crippen LogP contribution < -0.4 is 0 Å². The Hall–Kier alpha value is -2.87. The van der Waals surface area contributed by atoms with Gasteiger partial charge in [-0.15, -0.1) is 0 Å². The lowest BCUT2D eigenvalue weighted by Crippen LogP contribution is -2.48. The summed E-state index contributed by atoms with van der Waals surface area (Å²) in [5.41, 5.74) is 1.16. The third-order valence-corrected chi connectivity index (χ3v) is 10.9. The lowest BCUT2D eigenvalue weighted by molar-refractivity contribution is -0.151. The summed E-state index contributed by atoms with van der Waals surface area (Å²) in [6.45, 7) is 7.75. The second-order valence-corrected chi connectivity index (χ2v) is 14.9. The van der Waals surface area contributed by atoms with Crippen molar-refractivity contribution in [2.45, 2.75) is 82.0 Å². The van der Waals surface area contributed by atoms with Crippen LogP contribution in [-0.2, 0) is 24.3 Å². The number of amides is 1. The monoisotopic (exact) mass is 667 g/mol. The van der Waals surface area contributed by atoms with Crippen molar-refractivity contribution in [2.24, 2.45) is 11.8 Å². The molecule has 3 heterocycles. The molecule has 0 aromatic heterocycles. The van der Waals surface area contributed by atoms with Gasteiger partial charge in [-0.2, -0.15) is 4.31 Å². The number of sulfonamides is 1. The van der Waals surface area contributed by atoms with Gasteiger partial charge in [-0.1, -0.05) is 38.1 Å². The van der Waals surface area contributed by atoms with Gasteiger partial charge in [-0.3, -0.25) is 4.79 Å². The number of nitrogens with zero attached hydrogens (tertiary/aromatic N) is 3. The van der Waals surface area contributed by atoms with Gasteiger partial charge in [0.2, 0.25) is 10.0 Å². The topological polar surface area (TPSA) is 117 Å². The van der Waals surface area contributed by atoms with Crippen molar-refractivity contribution in [1.29, 1.82) is 0 Å². The SMILES string of the molecule is C/C(=C\c1cccc(S(=O)(=O)N2CCC(F)(F)CC2)c1)[C@H]1OC(=O)C[C@H](O)CC[C@H](C)[C@@H](OC(=O)N2CCN(C)CC2)/C=C/[C@@H]1C. The molecule has 0 saturated carbocycles. The fourth-order valence-corrected chi connectivity index (χ4v) is 7.44. The predicted octanol–water partition coefficient (Wildman–Crippen LogP) is 4.55. The molecular formula is C33H47F2N3O7S. The highest BCUT2D eigenvalue weighted by atomic mass is 32.2. The van der Waals surface area contributed by atoms with E-state index in [-0.39, 0.29) is 42.3 Å². The number of piperidine rings is 1. The number of rotatable bonds is 5. The zero-order chi connectivity index (χ0) is 33.6. The van der Waals surface area contributed by atoms with Crippen molar-refractivity contribution in [1.82, 2.24) is 14.1 Å². The van der Waals surface area contributed by atoms with E-state index in [1.807, 2.05) is 33.0 Å². The molecule has 2 saturated heterocycles. The van der Waals surface area contributed by atoms with E-state index in [0.717, 1.165) is 17.4 Å². The zero-order valence-corrected chi connectivity index (χ0v) is 27.9. The van der Waals surface area contributed by atoms with Gasteiger partial charge in [-0.25, -0.2) is 22.0 Å². The van der Waals surface area contributed by atoms with Gasteiger partial charge in [-0.05, 0) is 62.1 Å². The quantitative estimate of drug-likeness (QED) is 0.360. The lowest BCUT2D eigenvalue weighted by atomic mass is 9.91. The summed E-state index contributed by atoms with van der Waals surface area (Å²) in [5, 5.41) is 10.6. The molecule has 4 rings (SSSR count). The molecule has 0 radical (unpaired) electrons. The van der Waals surface area contributed by atoms with Crippen LogP contribution in [0.5, 0.6) is 0 Å². The molecule has 3 aliphatic rings. The van der Waals surface area contributed by atoms with Gasteiger partial charge in [0.1, 0.15) is 12.2 Å². The van der Waals surface area contributed by atoms with E-state index in [0.29, 0.717) is 37.1 Å². The number of carbonyl (C=O) groups is 2. The van der Waals surface area contributed by atoms with Gasteiger partial charge in [0.25, 0.3) is 5.92 Å². The molecular weight excluding hydrogens is 620 g/mol. The van der Waals surface area contributed by atoms with E-state index in [1.165, 1.54) is 12.1 Å². The summed E-state index contributed by atoms with van der Waals surface area (Å²) in [6.07, 6.45) is 2.41. The van der Waals surface area contributed by atoms with E-state index in [2.05, 4.69) is 4.90 Å². The van der Waals surface area contributed by atoms with Crippen LogP contribution in [0.1, 0.15) is 58.4 Å². The maximum Gasteiger partial charge on any atom is 0.410 e. The number of esters is 1. The van der Waals surface area contributed by atoms with Crippen molar-refractivity contribution in [3.8, 4) is 0 Å². The summed E-state index contributed by atoms with van der Waals surface area (Å²) < 4.78 is 66.7. The first-order valence-corrected chi connectivity index (χ1v) is 17.4. The molecule has 0 spiro atoms. The van der Waals surface area contributed by atoms with E-state index in [1.54, 1.807) is 30.0 Å². The van der Waals surface area contributed by atoms with E-state index >= 15 is 0 Å². The molecule has 2 fully saturated rings. The Morgan fingerprint density at radius 3 is 2.41 bits per heavy atom. The maximum absolute atomic E-state index is 13.7. The summed E-state index contributed by atoms with van der Waals surface area (Å²) >= 11 is 0. The average molecular weight is 668 g/mol. The molecule has 0 aliphatic carbocycles. The fourth-order valence-electron chi connectivity index (χ4n) is 5.94. The highest BCUT2D eigenvalue weighted by molar-refractivity contribution is 7.89. The number of piperazine rings is 1. The highest BCUT2D eigenvalue weighted by Gasteiger charge is 2.38. The molecule has 1 aromatic carbocycles. The number of aliphatic hydroxyl groups is 1. The minimum Gasteiger partial charge on any atom is -0.457 e. The molecule has 13 heteroatoms. The van der Waals surface area contributed by atoms with Gasteiger partial charge in [0.05, 0.1) is 17.4 Å². The van der Waals surface area contributed by atoms with Crippen LogP contribution in [0, 0.1) is 11.8 Å². The fraction of sp³-hybridized carbons (Fsp3) is 0.636. The third-order valence-electron chi connectivity index (χ3n) is 9.05. The van der Waals surface area contributed by atoms with Crippen molar-refractivity contribution >= 4 is 28.2 Å². The molecule has 0 unspecified atom stereocenters. The zero-order valence-electron chi connectivity index (χ0n) is 27.1. The summed E-state index contributed by atoms with van der Waals surface area (Å²) in [4.78, 5) is 29.7. The van der Waals surface area contributed by atoms with E-state index in [4.69, 9.17) is 9.47 Å². The predicted molar refractivity (Wildman–Crippen MR) is 170 cm³/mol. The van der Waals surface area contributed by atoms with E-state index in [9.17, 15) is 31.9 Å². The number of hydrogen-bond acceptors (Lipinski definition) is 8.